The van der Waals surface area contributed by atoms with Crippen molar-refractivity contribution in [3.8, 4) is 0 Å². The Kier molecular flexibility index (Phi) is 6.73. The van der Waals surface area contributed by atoms with Gasteiger partial charge < -0.3 is 10.6 Å². The summed E-state index contributed by atoms with van der Waals surface area (Å²) < 4.78 is 0. The Labute approximate surface area is 111 Å². The van der Waals surface area contributed by atoms with E-state index in [0.717, 1.165) is 16.4 Å². The minimum Gasteiger partial charge on any atom is -0.370 e. The smallest absolute Gasteiger partial charge is 0.191 e. The molecule has 0 saturated carbocycles. The van der Waals surface area contributed by atoms with Crippen LogP contribution in [0.4, 0.5) is 0 Å². The molecule has 0 unspecified atom stereocenters. The molecule has 15 heavy (non-hydrogen) atoms. The number of aliphatic imine (C=N–C) groups is 1. The molecule has 0 fully saturated rings. The highest BCUT2D eigenvalue weighted by molar-refractivity contribution is 14.0. The van der Waals surface area contributed by atoms with Gasteiger partial charge in [0, 0.05) is 14.1 Å². The van der Waals surface area contributed by atoms with Crippen LogP contribution in [-0.4, -0.2) is 35.2 Å². The Hall–Kier alpha value is -0.440. The zero-order valence-electron chi connectivity index (χ0n) is 9.10. The van der Waals surface area contributed by atoms with Gasteiger partial charge >= 0.3 is 0 Å². The Balaban J connectivity index is 0.00000196. The van der Waals surface area contributed by atoms with Gasteiger partial charge in [-0.05, 0) is 6.42 Å². The summed E-state index contributed by atoms with van der Waals surface area (Å²) in [6.07, 6.45) is 0.921. The summed E-state index contributed by atoms with van der Waals surface area (Å²) in [4.78, 5) is 5.94. The normalized spacial score (nSPS) is 11.0. The third-order valence-electron chi connectivity index (χ3n) is 1.65. The molecule has 7 heteroatoms. The molecule has 0 atom stereocenters. The highest BCUT2D eigenvalue weighted by Gasteiger charge is 2.01. The number of aromatic nitrogens is 2. The molecule has 0 amide bonds. The van der Waals surface area contributed by atoms with E-state index in [0.29, 0.717) is 12.5 Å². The first-order chi connectivity index (χ1) is 6.63. The van der Waals surface area contributed by atoms with Crippen LogP contribution in [0.2, 0.25) is 0 Å². The van der Waals surface area contributed by atoms with Gasteiger partial charge in [0.25, 0.3) is 0 Å². The largest absolute Gasteiger partial charge is 0.370 e. The molecule has 86 valence electrons. The van der Waals surface area contributed by atoms with Gasteiger partial charge in [0.05, 0.1) is 6.54 Å². The average molecular weight is 341 g/mol. The molecule has 0 radical (unpaired) electrons. The van der Waals surface area contributed by atoms with Crippen molar-refractivity contribution in [2.75, 3.05) is 14.1 Å². The fourth-order valence-corrected chi connectivity index (χ4v) is 1.49. The number of nitrogens with two attached hydrogens (primary N) is 1. The molecule has 0 saturated heterocycles. The lowest BCUT2D eigenvalue weighted by Gasteiger charge is -2.09. The van der Waals surface area contributed by atoms with E-state index in [1.54, 1.807) is 16.2 Å². The number of aryl methyl sites for hydroxylation is 1. The van der Waals surface area contributed by atoms with E-state index in [1.165, 1.54) is 0 Å². The third-order valence-corrected chi connectivity index (χ3v) is 2.70. The van der Waals surface area contributed by atoms with E-state index in [-0.39, 0.29) is 24.0 Å². The lowest BCUT2D eigenvalue weighted by Crippen LogP contribution is -2.30. The summed E-state index contributed by atoms with van der Waals surface area (Å²) in [7, 11) is 3.72. The van der Waals surface area contributed by atoms with Crippen molar-refractivity contribution in [2.45, 2.75) is 19.9 Å². The second-order valence-electron chi connectivity index (χ2n) is 3.01. The van der Waals surface area contributed by atoms with Crippen LogP contribution in [0.5, 0.6) is 0 Å². The van der Waals surface area contributed by atoms with Crippen LogP contribution in [0, 0.1) is 0 Å². The van der Waals surface area contributed by atoms with E-state index in [2.05, 4.69) is 22.1 Å². The van der Waals surface area contributed by atoms with Gasteiger partial charge in [-0.15, -0.1) is 34.2 Å². The Morgan fingerprint density at radius 3 is 2.47 bits per heavy atom. The van der Waals surface area contributed by atoms with E-state index < -0.39 is 0 Å². The number of nitrogens with zero attached hydrogens (tertiary/aromatic N) is 4. The molecule has 0 aliphatic rings. The number of halogens is 1. The van der Waals surface area contributed by atoms with Crippen molar-refractivity contribution in [2.24, 2.45) is 10.7 Å². The van der Waals surface area contributed by atoms with Crippen LogP contribution in [0.1, 0.15) is 16.9 Å². The Morgan fingerprint density at radius 1 is 1.40 bits per heavy atom. The molecule has 0 spiro atoms. The predicted octanol–water partition coefficient (Wildman–Crippen LogP) is 1.09. The van der Waals surface area contributed by atoms with Gasteiger partial charge in [-0.3, -0.25) is 0 Å². The summed E-state index contributed by atoms with van der Waals surface area (Å²) >= 11 is 1.58. The van der Waals surface area contributed by atoms with Crippen molar-refractivity contribution < 1.29 is 0 Å². The van der Waals surface area contributed by atoms with Crippen molar-refractivity contribution in [3.63, 3.8) is 0 Å². The molecule has 1 aromatic rings. The predicted molar refractivity (Wildman–Crippen MR) is 73.7 cm³/mol. The first-order valence-corrected chi connectivity index (χ1v) is 5.23. The third kappa shape index (κ3) is 4.74. The van der Waals surface area contributed by atoms with E-state index in [1.807, 2.05) is 14.1 Å². The zero-order chi connectivity index (χ0) is 10.6. The average Bonchev–Trinajstić information content (AvgIpc) is 2.61. The van der Waals surface area contributed by atoms with Crippen molar-refractivity contribution in [1.29, 1.82) is 0 Å². The van der Waals surface area contributed by atoms with Crippen LogP contribution in [0.15, 0.2) is 4.99 Å². The van der Waals surface area contributed by atoms with Crippen molar-refractivity contribution in [3.05, 3.63) is 10.0 Å². The topological polar surface area (TPSA) is 67.4 Å². The van der Waals surface area contributed by atoms with E-state index in [4.69, 9.17) is 5.73 Å². The maximum Gasteiger partial charge on any atom is 0.191 e. The molecule has 1 rings (SSSR count). The second kappa shape index (κ2) is 6.94. The minimum atomic E-state index is 0. The van der Waals surface area contributed by atoms with Crippen LogP contribution in [-0.2, 0) is 13.0 Å². The van der Waals surface area contributed by atoms with Gasteiger partial charge in [-0.2, -0.15) is 0 Å². The van der Waals surface area contributed by atoms with Gasteiger partial charge in [0.1, 0.15) is 10.0 Å². The standard InChI is InChI=1S/C8H15N5S.HI/c1-4-6-11-12-7(14-6)5-10-8(9)13(2)3;/h4-5H2,1-3H3,(H2,9,10);1H. The summed E-state index contributed by atoms with van der Waals surface area (Å²) in [6, 6.07) is 0. The lowest BCUT2D eigenvalue weighted by molar-refractivity contribution is 0.609. The molecular formula is C8H16IN5S. The number of rotatable bonds is 3. The van der Waals surface area contributed by atoms with E-state index >= 15 is 0 Å². The van der Waals surface area contributed by atoms with E-state index in [9.17, 15) is 0 Å². The quantitative estimate of drug-likeness (QED) is 0.508. The van der Waals surface area contributed by atoms with Gasteiger partial charge in [-0.25, -0.2) is 4.99 Å². The molecule has 0 aliphatic heterocycles. The fraction of sp³-hybridized carbons (Fsp3) is 0.625. The van der Waals surface area contributed by atoms with Gasteiger partial charge in [-0.1, -0.05) is 18.3 Å². The van der Waals surface area contributed by atoms with Crippen molar-refractivity contribution >= 4 is 41.3 Å². The second-order valence-corrected chi connectivity index (χ2v) is 4.16. The van der Waals surface area contributed by atoms with Crippen LogP contribution in [0.3, 0.4) is 0 Å². The summed E-state index contributed by atoms with van der Waals surface area (Å²) in [5.41, 5.74) is 5.64. The SMILES string of the molecule is CCc1nnc(CN=C(N)N(C)C)s1.I. The maximum atomic E-state index is 5.64. The fourth-order valence-electron chi connectivity index (χ4n) is 0.785. The minimum absolute atomic E-state index is 0. The number of hydrogen-bond acceptors (Lipinski definition) is 4. The summed E-state index contributed by atoms with van der Waals surface area (Å²) in [6.45, 7) is 2.57. The molecule has 1 heterocycles. The molecule has 0 bridgehead atoms. The molecular weight excluding hydrogens is 325 g/mol. The summed E-state index contributed by atoms with van der Waals surface area (Å²) in [5.74, 6) is 0.512. The molecule has 2 N–H and O–H groups in total. The molecule has 0 aromatic carbocycles. The highest BCUT2D eigenvalue weighted by Crippen LogP contribution is 2.10. The zero-order valence-corrected chi connectivity index (χ0v) is 12.2. The van der Waals surface area contributed by atoms with Crippen molar-refractivity contribution in [1.82, 2.24) is 15.1 Å². The first-order valence-electron chi connectivity index (χ1n) is 4.42. The maximum absolute atomic E-state index is 5.64. The van der Waals surface area contributed by atoms with Crippen LogP contribution >= 0.6 is 35.3 Å². The first kappa shape index (κ1) is 14.6. The Morgan fingerprint density at radius 2 is 2.00 bits per heavy atom. The number of guanidine groups is 1. The highest BCUT2D eigenvalue weighted by atomic mass is 127. The molecule has 0 aliphatic carbocycles. The monoisotopic (exact) mass is 341 g/mol. The number of hydrogen-bond donors (Lipinski definition) is 1. The Bertz CT molecular complexity index is 323. The summed E-state index contributed by atoms with van der Waals surface area (Å²) in [5, 5.41) is 9.96. The molecule has 1 aromatic heterocycles. The lowest BCUT2D eigenvalue weighted by atomic mass is 10.5. The van der Waals surface area contributed by atoms with Crippen LogP contribution < -0.4 is 5.73 Å². The van der Waals surface area contributed by atoms with Gasteiger partial charge in [0.15, 0.2) is 5.96 Å². The van der Waals surface area contributed by atoms with Gasteiger partial charge in [0.2, 0.25) is 0 Å². The van der Waals surface area contributed by atoms with Crippen LogP contribution in [0.25, 0.3) is 0 Å². The molecule has 5 nitrogen and oxygen atoms in total.